The average Bonchev–Trinajstić information content (AvgIpc) is 2.72. The van der Waals surface area contributed by atoms with E-state index in [4.69, 9.17) is 18.9 Å². The van der Waals surface area contributed by atoms with Crippen molar-refractivity contribution in [2.45, 2.75) is 52.4 Å². The largest absolute Gasteiger partial charge is 0.696 e. The van der Waals surface area contributed by atoms with Gasteiger partial charge in [-0.3, -0.25) is 5.32 Å². The first-order chi connectivity index (χ1) is 11.6. The maximum absolute atomic E-state index is 10.5. The second-order valence-corrected chi connectivity index (χ2v) is 7.60. The molecule has 7 nitrogen and oxygen atoms in total. The topological polar surface area (TPSA) is 86.3 Å². The monoisotopic (exact) mass is 370 g/mol. The van der Waals surface area contributed by atoms with Gasteiger partial charge in [0, 0.05) is 11.1 Å². The van der Waals surface area contributed by atoms with Gasteiger partial charge in [0.2, 0.25) is 0 Å². The molecule has 1 unspecified atom stereocenters. The average molecular weight is 370 g/mol. The Hall–Kier alpha value is -1.02. The molecule has 138 valence electrons. The molecule has 0 aromatic heterocycles. The van der Waals surface area contributed by atoms with E-state index in [9.17, 15) is 4.57 Å². The van der Waals surface area contributed by atoms with Crippen LogP contribution < -0.4 is 15.5 Å². The molecular weight excluding hydrogens is 344 g/mol. The SMILES string of the molecule is CCOc1cc(CNCO[P+](=O)O)cc(B2OC(C)(C)C(C)(C)O2)c1. The molecule has 25 heavy (non-hydrogen) atoms. The van der Waals surface area contributed by atoms with Crippen molar-refractivity contribution in [3.8, 4) is 5.75 Å². The number of nitrogens with one attached hydrogen (secondary N) is 1. The van der Waals surface area contributed by atoms with Crippen LogP contribution in [0.3, 0.4) is 0 Å². The summed E-state index contributed by atoms with van der Waals surface area (Å²) < 4.78 is 33.0. The van der Waals surface area contributed by atoms with E-state index in [2.05, 4.69) is 9.84 Å². The van der Waals surface area contributed by atoms with Gasteiger partial charge in [-0.1, -0.05) is 6.07 Å². The number of benzene rings is 1. The first-order valence-electron chi connectivity index (χ1n) is 8.26. The molecule has 2 rings (SSSR count). The molecular formula is C16H26BNO6P+. The zero-order valence-electron chi connectivity index (χ0n) is 15.4. The van der Waals surface area contributed by atoms with E-state index in [1.165, 1.54) is 0 Å². The highest BCUT2D eigenvalue weighted by Crippen LogP contribution is 2.36. The maximum atomic E-state index is 10.5. The summed E-state index contributed by atoms with van der Waals surface area (Å²) >= 11 is 0. The van der Waals surface area contributed by atoms with Crippen molar-refractivity contribution in [2.24, 2.45) is 0 Å². The van der Waals surface area contributed by atoms with Crippen LogP contribution in [0.25, 0.3) is 0 Å². The predicted molar refractivity (Wildman–Crippen MR) is 95.9 cm³/mol. The van der Waals surface area contributed by atoms with Crippen molar-refractivity contribution in [3.05, 3.63) is 23.8 Å². The standard InChI is InChI=1S/C16H25BNO6P/c1-6-21-14-8-12(10-18-11-22-25(19)20)7-13(9-14)17-23-15(2,3)16(4,5)24-17/h7-9,18H,6,10-11H2,1-5H3/p+1. The lowest BCUT2D eigenvalue weighted by Crippen LogP contribution is -2.41. The zero-order chi connectivity index (χ0) is 18.7. The lowest BCUT2D eigenvalue weighted by Gasteiger charge is -2.32. The third kappa shape index (κ3) is 5.23. The Morgan fingerprint density at radius 2 is 1.84 bits per heavy atom. The molecule has 2 N–H and O–H groups in total. The first-order valence-corrected chi connectivity index (χ1v) is 9.40. The van der Waals surface area contributed by atoms with E-state index in [0.717, 1.165) is 16.8 Å². The molecule has 0 spiro atoms. The molecule has 1 aromatic carbocycles. The van der Waals surface area contributed by atoms with Crippen LogP contribution in [0.1, 0.15) is 40.2 Å². The van der Waals surface area contributed by atoms with Gasteiger partial charge in [0.25, 0.3) is 0 Å². The fourth-order valence-electron chi connectivity index (χ4n) is 2.45. The Bertz CT molecular complexity index is 609. The minimum atomic E-state index is -2.61. The molecule has 0 amide bonds. The van der Waals surface area contributed by atoms with Crippen LogP contribution in [0, 0.1) is 0 Å². The highest BCUT2D eigenvalue weighted by Gasteiger charge is 2.51. The molecule has 0 radical (unpaired) electrons. The minimum absolute atomic E-state index is 0.0175. The Kier molecular flexibility index (Phi) is 6.59. The van der Waals surface area contributed by atoms with E-state index < -0.39 is 26.6 Å². The van der Waals surface area contributed by atoms with Gasteiger partial charge in [0.1, 0.15) is 5.75 Å². The van der Waals surface area contributed by atoms with Gasteiger partial charge in [-0.05, 0) is 57.8 Å². The summed E-state index contributed by atoms with van der Waals surface area (Å²) in [7, 11) is -3.08. The van der Waals surface area contributed by atoms with E-state index in [1.54, 1.807) is 0 Å². The predicted octanol–water partition coefficient (Wildman–Crippen LogP) is 2.10. The quantitative estimate of drug-likeness (QED) is 0.314. The molecule has 1 fully saturated rings. The van der Waals surface area contributed by atoms with Gasteiger partial charge in [-0.15, -0.1) is 9.42 Å². The molecule has 1 aliphatic heterocycles. The van der Waals surface area contributed by atoms with E-state index in [1.807, 2.05) is 52.8 Å². The lowest BCUT2D eigenvalue weighted by molar-refractivity contribution is 0.00578. The smallest absolute Gasteiger partial charge is 0.494 e. The van der Waals surface area contributed by atoms with Crippen LogP contribution in [0.5, 0.6) is 5.75 Å². The first kappa shape index (κ1) is 20.3. The van der Waals surface area contributed by atoms with Gasteiger partial charge >= 0.3 is 15.4 Å². The van der Waals surface area contributed by atoms with E-state index in [0.29, 0.717) is 13.2 Å². The van der Waals surface area contributed by atoms with E-state index >= 15 is 0 Å². The highest BCUT2D eigenvalue weighted by atomic mass is 31.1. The summed E-state index contributed by atoms with van der Waals surface area (Å²) in [4.78, 5) is 8.64. The van der Waals surface area contributed by atoms with Crippen LogP contribution in [-0.4, -0.2) is 36.6 Å². The van der Waals surface area contributed by atoms with E-state index in [-0.39, 0.29) is 6.73 Å². The normalized spacial score (nSPS) is 19.1. The Morgan fingerprint density at radius 1 is 1.20 bits per heavy atom. The van der Waals surface area contributed by atoms with Gasteiger partial charge in [0.05, 0.1) is 17.8 Å². The minimum Gasteiger partial charge on any atom is -0.494 e. The molecule has 0 bridgehead atoms. The van der Waals surface area contributed by atoms with Crippen LogP contribution in [0.15, 0.2) is 18.2 Å². The Morgan fingerprint density at radius 3 is 2.40 bits per heavy atom. The van der Waals surface area contributed by atoms with Crippen LogP contribution in [-0.2, 0) is 24.9 Å². The van der Waals surface area contributed by atoms with Crippen LogP contribution in [0.4, 0.5) is 0 Å². The number of hydrogen-bond acceptors (Lipinski definition) is 6. The summed E-state index contributed by atoms with van der Waals surface area (Å²) in [5.41, 5.74) is 0.971. The fourth-order valence-corrected chi connectivity index (χ4v) is 2.65. The highest BCUT2D eigenvalue weighted by molar-refractivity contribution is 7.32. The fraction of sp³-hybridized carbons (Fsp3) is 0.625. The Balaban J connectivity index is 2.16. The molecule has 1 aromatic rings. The van der Waals surface area contributed by atoms with Crippen LogP contribution in [0.2, 0.25) is 0 Å². The van der Waals surface area contributed by atoms with Crippen LogP contribution >= 0.6 is 8.25 Å². The lowest BCUT2D eigenvalue weighted by atomic mass is 9.78. The Labute approximate surface area is 150 Å². The summed E-state index contributed by atoms with van der Waals surface area (Å²) in [5, 5.41) is 2.95. The second kappa shape index (κ2) is 8.12. The zero-order valence-corrected chi connectivity index (χ0v) is 16.3. The molecule has 0 aliphatic carbocycles. The van der Waals surface area contributed by atoms with Gasteiger partial charge in [-0.25, -0.2) is 0 Å². The van der Waals surface area contributed by atoms with Crippen molar-refractivity contribution >= 4 is 20.8 Å². The van der Waals surface area contributed by atoms with Crippen molar-refractivity contribution < 1.29 is 28.0 Å². The third-order valence-electron chi connectivity index (χ3n) is 4.43. The summed E-state index contributed by atoms with van der Waals surface area (Å²) in [5.74, 6) is 0.723. The van der Waals surface area contributed by atoms with Gasteiger partial charge in [0.15, 0.2) is 6.73 Å². The maximum Gasteiger partial charge on any atom is 0.696 e. The molecule has 1 saturated heterocycles. The molecule has 0 saturated carbocycles. The third-order valence-corrected chi connectivity index (χ3v) is 4.78. The molecule has 1 aliphatic rings. The van der Waals surface area contributed by atoms with Crippen molar-refractivity contribution in [3.63, 3.8) is 0 Å². The van der Waals surface area contributed by atoms with Gasteiger partial charge in [-0.2, -0.15) is 0 Å². The summed E-state index contributed by atoms with van der Waals surface area (Å²) in [6.45, 7) is 10.9. The number of hydrogen-bond donors (Lipinski definition) is 2. The summed E-state index contributed by atoms with van der Waals surface area (Å²) in [6, 6.07) is 5.79. The summed E-state index contributed by atoms with van der Waals surface area (Å²) in [6.07, 6.45) is 0. The number of ether oxygens (including phenoxy) is 1. The number of rotatable bonds is 8. The van der Waals surface area contributed by atoms with Crippen molar-refractivity contribution in [1.82, 2.24) is 5.32 Å². The van der Waals surface area contributed by atoms with Gasteiger partial charge < -0.3 is 14.0 Å². The van der Waals surface area contributed by atoms with Crippen molar-refractivity contribution in [2.75, 3.05) is 13.3 Å². The molecule has 1 atom stereocenters. The van der Waals surface area contributed by atoms with Crippen molar-refractivity contribution in [1.29, 1.82) is 0 Å². The molecule has 1 heterocycles. The molecule has 9 heteroatoms. The second-order valence-electron chi connectivity index (χ2n) is 6.87.